The predicted octanol–water partition coefficient (Wildman–Crippen LogP) is 2.49. The number of carbonyl (C=O) groups excluding carboxylic acids is 1. The fraction of sp³-hybridized carbons (Fsp3) is 0.222. The molecule has 1 amide bonds. The van der Waals surface area contributed by atoms with E-state index < -0.39 is 0 Å². The minimum absolute atomic E-state index is 0.0135. The van der Waals surface area contributed by atoms with Gasteiger partial charge in [0.05, 0.1) is 13.3 Å². The lowest BCUT2D eigenvalue weighted by Crippen LogP contribution is -2.24. The zero-order valence-electron chi connectivity index (χ0n) is 13.7. The highest BCUT2D eigenvalue weighted by Gasteiger charge is 2.03. The van der Waals surface area contributed by atoms with Gasteiger partial charge in [0.25, 0.3) is 5.91 Å². The first-order chi connectivity index (χ1) is 11.6. The number of nitrogens with one attached hydrogen (secondary N) is 1. The van der Waals surface area contributed by atoms with Gasteiger partial charge in [0, 0.05) is 11.6 Å². The zero-order chi connectivity index (χ0) is 17.4. The summed E-state index contributed by atoms with van der Waals surface area (Å²) in [5.41, 5.74) is 4.01. The molecule has 0 atom stereocenters. The van der Waals surface area contributed by atoms with E-state index in [4.69, 9.17) is 9.47 Å². The van der Waals surface area contributed by atoms with Crippen LogP contribution in [-0.4, -0.2) is 30.9 Å². The lowest BCUT2D eigenvalue weighted by atomic mass is 10.2. The molecule has 0 bridgehead atoms. The van der Waals surface area contributed by atoms with Crippen molar-refractivity contribution in [2.45, 2.75) is 13.3 Å². The first kappa shape index (κ1) is 17.3. The molecule has 0 saturated carbocycles. The maximum atomic E-state index is 11.7. The number of carbonyl (C=O) groups is 1. The number of aromatic hydroxyl groups is 1. The van der Waals surface area contributed by atoms with Gasteiger partial charge in [0.1, 0.15) is 17.2 Å². The Labute approximate surface area is 140 Å². The van der Waals surface area contributed by atoms with E-state index in [1.54, 1.807) is 12.1 Å². The molecule has 0 aliphatic carbocycles. The van der Waals surface area contributed by atoms with Gasteiger partial charge in [-0.2, -0.15) is 5.10 Å². The molecule has 2 aromatic rings. The molecule has 0 fully saturated rings. The second-order valence-corrected chi connectivity index (χ2v) is 5.00. The van der Waals surface area contributed by atoms with E-state index in [2.05, 4.69) is 17.5 Å². The Hall–Kier alpha value is -3.02. The number of amides is 1. The van der Waals surface area contributed by atoms with Crippen molar-refractivity contribution < 1.29 is 19.4 Å². The second kappa shape index (κ2) is 8.57. The Bertz CT molecular complexity index is 711. The molecule has 2 rings (SSSR count). The largest absolute Gasteiger partial charge is 0.507 e. The highest BCUT2D eigenvalue weighted by atomic mass is 16.5. The fourth-order valence-corrected chi connectivity index (χ4v) is 1.94. The van der Waals surface area contributed by atoms with Crippen molar-refractivity contribution in [2.75, 3.05) is 13.7 Å². The Morgan fingerprint density at radius 3 is 2.54 bits per heavy atom. The third-order valence-corrected chi connectivity index (χ3v) is 3.33. The molecule has 0 spiro atoms. The molecule has 0 aliphatic rings. The number of nitrogens with zero attached hydrogens (tertiary/aromatic N) is 1. The maximum absolute atomic E-state index is 11.7. The quantitative estimate of drug-likeness (QED) is 0.604. The maximum Gasteiger partial charge on any atom is 0.277 e. The fourth-order valence-electron chi connectivity index (χ4n) is 1.94. The van der Waals surface area contributed by atoms with Crippen molar-refractivity contribution in [3.8, 4) is 17.2 Å². The van der Waals surface area contributed by atoms with Crippen LogP contribution in [0.15, 0.2) is 47.6 Å². The molecule has 6 heteroatoms. The number of aryl methyl sites for hydroxylation is 1. The molecule has 24 heavy (non-hydrogen) atoms. The van der Waals surface area contributed by atoms with E-state index in [1.807, 2.05) is 24.3 Å². The van der Waals surface area contributed by atoms with Gasteiger partial charge < -0.3 is 14.6 Å². The highest BCUT2D eigenvalue weighted by molar-refractivity contribution is 5.85. The summed E-state index contributed by atoms with van der Waals surface area (Å²) in [7, 11) is 1.51. The molecule has 6 nitrogen and oxygen atoms in total. The molecule has 0 radical (unpaired) electrons. The van der Waals surface area contributed by atoms with Gasteiger partial charge in [-0.25, -0.2) is 5.43 Å². The van der Waals surface area contributed by atoms with Crippen LogP contribution in [0.5, 0.6) is 17.2 Å². The molecule has 0 aromatic heterocycles. The van der Waals surface area contributed by atoms with Crippen LogP contribution < -0.4 is 14.9 Å². The van der Waals surface area contributed by atoms with Gasteiger partial charge >= 0.3 is 0 Å². The predicted molar refractivity (Wildman–Crippen MR) is 91.7 cm³/mol. The number of rotatable bonds is 7. The summed E-state index contributed by atoms with van der Waals surface area (Å²) in [5, 5.41) is 13.6. The van der Waals surface area contributed by atoms with Crippen molar-refractivity contribution >= 4 is 12.1 Å². The summed E-state index contributed by atoms with van der Waals surface area (Å²) in [6.45, 7) is 1.93. The minimum atomic E-state index is -0.390. The lowest BCUT2D eigenvalue weighted by molar-refractivity contribution is -0.123. The molecule has 2 N–H and O–H groups in total. The molecule has 126 valence electrons. The average Bonchev–Trinajstić information content (AvgIpc) is 2.61. The van der Waals surface area contributed by atoms with Crippen LogP contribution >= 0.6 is 0 Å². The van der Waals surface area contributed by atoms with Crippen molar-refractivity contribution in [1.82, 2.24) is 5.43 Å². The number of hydrogen-bond donors (Lipinski definition) is 2. The number of hydrazone groups is 1. The van der Waals surface area contributed by atoms with Crippen LogP contribution in [-0.2, 0) is 11.2 Å². The van der Waals surface area contributed by atoms with E-state index in [9.17, 15) is 9.90 Å². The number of phenols is 1. The van der Waals surface area contributed by atoms with Crippen molar-refractivity contribution in [3.63, 3.8) is 0 Å². The molecule has 0 heterocycles. The minimum Gasteiger partial charge on any atom is -0.507 e. The topological polar surface area (TPSA) is 80.2 Å². The third kappa shape index (κ3) is 5.01. The highest BCUT2D eigenvalue weighted by Crippen LogP contribution is 2.21. The summed E-state index contributed by atoms with van der Waals surface area (Å²) in [6, 6.07) is 12.3. The zero-order valence-corrected chi connectivity index (χ0v) is 13.7. The molecular weight excluding hydrogens is 308 g/mol. The summed E-state index contributed by atoms with van der Waals surface area (Å²) >= 11 is 0. The van der Waals surface area contributed by atoms with Crippen molar-refractivity contribution in [3.05, 3.63) is 53.6 Å². The van der Waals surface area contributed by atoms with Crippen LogP contribution in [0, 0.1) is 0 Å². The molecule has 2 aromatic carbocycles. The number of phenolic OH excluding ortho intramolecular Hbond substituents is 1. The molecule has 0 saturated heterocycles. The van der Waals surface area contributed by atoms with Crippen molar-refractivity contribution in [2.24, 2.45) is 5.10 Å². The van der Waals surface area contributed by atoms with Gasteiger partial charge in [0.2, 0.25) is 0 Å². The third-order valence-electron chi connectivity index (χ3n) is 3.33. The van der Waals surface area contributed by atoms with Gasteiger partial charge in [-0.05, 0) is 36.2 Å². The van der Waals surface area contributed by atoms with E-state index >= 15 is 0 Å². The Morgan fingerprint density at radius 2 is 1.92 bits per heavy atom. The molecule has 0 aliphatic heterocycles. The van der Waals surface area contributed by atoms with Crippen LogP contribution in [0.2, 0.25) is 0 Å². The number of benzene rings is 2. The Morgan fingerprint density at radius 1 is 1.21 bits per heavy atom. The Kier molecular flexibility index (Phi) is 6.19. The van der Waals surface area contributed by atoms with Gasteiger partial charge in [-0.1, -0.05) is 19.1 Å². The number of ether oxygens (including phenoxy) is 2. The number of hydrogen-bond acceptors (Lipinski definition) is 5. The summed E-state index contributed by atoms with van der Waals surface area (Å²) < 4.78 is 10.4. The Balaban J connectivity index is 1.81. The van der Waals surface area contributed by atoms with Crippen molar-refractivity contribution in [1.29, 1.82) is 0 Å². The van der Waals surface area contributed by atoms with E-state index in [0.29, 0.717) is 17.1 Å². The van der Waals surface area contributed by atoms with E-state index in [1.165, 1.54) is 25.0 Å². The molecule has 0 unspecified atom stereocenters. The van der Waals surface area contributed by atoms with Gasteiger partial charge in [0.15, 0.2) is 6.61 Å². The van der Waals surface area contributed by atoms with Crippen LogP contribution in [0.25, 0.3) is 0 Å². The first-order valence-electron chi connectivity index (χ1n) is 7.53. The summed E-state index contributed by atoms with van der Waals surface area (Å²) in [4.78, 5) is 11.7. The molecular formula is C18H20N2O4. The van der Waals surface area contributed by atoms with Gasteiger partial charge in [-0.3, -0.25) is 4.79 Å². The second-order valence-electron chi connectivity index (χ2n) is 5.00. The van der Waals surface area contributed by atoms with E-state index in [-0.39, 0.29) is 18.3 Å². The standard InChI is InChI=1S/C18H20N2O4/c1-3-13-4-7-15(8-5-13)24-12-18(22)20-19-11-14-6-9-16(23-2)10-17(14)21/h4-11,21H,3,12H2,1-2H3,(H,20,22). The monoisotopic (exact) mass is 328 g/mol. The van der Waals surface area contributed by atoms with E-state index in [0.717, 1.165) is 6.42 Å². The lowest BCUT2D eigenvalue weighted by Gasteiger charge is -2.06. The average molecular weight is 328 g/mol. The smallest absolute Gasteiger partial charge is 0.277 e. The summed E-state index contributed by atoms with van der Waals surface area (Å²) in [5.74, 6) is 0.786. The van der Waals surface area contributed by atoms with Crippen LogP contribution in [0.1, 0.15) is 18.1 Å². The normalized spacial score (nSPS) is 10.6. The number of methoxy groups -OCH3 is 1. The first-order valence-corrected chi connectivity index (χ1v) is 7.53. The SMILES string of the molecule is CCc1ccc(OCC(=O)NN=Cc2ccc(OC)cc2O)cc1. The van der Waals surface area contributed by atoms with Crippen LogP contribution in [0.3, 0.4) is 0 Å². The summed E-state index contributed by atoms with van der Waals surface area (Å²) in [6.07, 6.45) is 2.30. The van der Waals surface area contributed by atoms with Gasteiger partial charge in [-0.15, -0.1) is 0 Å². The van der Waals surface area contributed by atoms with Crippen LogP contribution in [0.4, 0.5) is 0 Å².